The van der Waals surface area contributed by atoms with E-state index in [4.69, 9.17) is 9.72 Å². The first-order valence-electron chi connectivity index (χ1n) is 7.91. The molecule has 0 amide bonds. The Morgan fingerprint density at radius 3 is 2.48 bits per heavy atom. The zero-order chi connectivity index (χ0) is 15.7. The topological polar surface area (TPSA) is 52.1 Å². The first-order chi connectivity index (χ1) is 9.87. The van der Waals surface area contributed by atoms with Gasteiger partial charge in [0.1, 0.15) is 5.60 Å². The van der Waals surface area contributed by atoms with Gasteiger partial charge in [-0.1, -0.05) is 27.7 Å². The molecule has 1 aliphatic carbocycles. The molecule has 0 saturated carbocycles. The van der Waals surface area contributed by atoms with E-state index in [1.807, 2.05) is 6.92 Å². The van der Waals surface area contributed by atoms with Crippen LogP contribution in [0.25, 0.3) is 0 Å². The molecule has 0 aromatic carbocycles. The van der Waals surface area contributed by atoms with E-state index in [2.05, 4.69) is 32.7 Å². The van der Waals surface area contributed by atoms with Crippen LogP contribution >= 0.6 is 0 Å². The summed E-state index contributed by atoms with van der Waals surface area (Å²) in [7, 11) is 0. The standard InChI is InChI=1S/C17H26N2O2/c1-6-17(7-2,21-8-3)15-18-11-12-13(19-15)9-16(4,5)10-14(12)20/h11H,6-10H2,1-5H3. The molecule has 0 saturated heterocycles. The predicted molar refractivity (Wildman–Crippen MR) is 82.4 cm³/mol. The third-order valence-electron chi connectivity index (χ3n) is 4.42. The number of carbonyl (C=O) groups is 1. The molecule has 0 fully saturated rings. The summed E-state index contributed by atoms with van der Waals surface area (Å²) in [5, 5.41) is 0. The van der Waals surface area contributed by atoms with Gasteiger partial charge in [0.25, 0.3) is 0 Å². The van der Waals surface area contributed by atoms with Gasteiger partial charge in [-0.2, -0.15) is 0 Å². The number of ether oxygens (including phenoxy) is 1. The van der Waals surface area contributed by atoms with Crippen LogP contribution in [-0.4, -0.2) is 22.4 Å². The number of fused-ring (bicyclic) bond motifs is 1. The smallest absolute Gasteiger partial charge is 0.166 e. The van der Waals surface area contributed by atoms with Gasteiger partial charge < -0.3 is 4.74 Å². The van der Waals surface area contributed by atoms with Gasteiger partial charge in [-0.15, -0.1) is 0 Å². The van der Waals surface area contributed by atoms with E-state index in [-0.39, 0.29) is 11.2 Å². The monoisotopic (exact) mass is 290 g/mol. The fourth-order valence-electron chi connectivity index (χ4n) is 3.16. The first-order valence-corrected chi connectivity index (χ1v) is 7.91. The average molecular weight is 290 g/mol. The lowest BCUT2D eigenvalue weighted by molar-refractivity contribution is -0.0574. The molecule has 4 nitrogen and oxygen atoms in total. The van der Waals surface area contributed by atoms with Crippen LogP contribution < -0.4 is 0 Å². The van der Waals surface area contributed by atoms with Crippen molar-refractivity contribution in [2.75, 3.05) is 6.61 Å². The second kappa shape index (κ2) is 5.84. The number of hydrogen-bond acceptors (Lipinski definition) is 4. The molecule has 0 atom stereocenters. The molecule has 0 aliphatic heterocycles. The fourth-order valence-corrected chi connectivity index (χ4v) is 3.16. The van der Waals surface area contributed by atoms with E-state index in [0.29, 0.717) is 18.6 Å². The lowest BCUT2D eigenvalue weighted by Crippen LogP contribution is -2.34. The highest BCUT2D eigenvalue weighted by molar-refractivity contribution is 5.98. The third kappa shape index (κ3) is 3.00. The van der Waals surface area contributed by atoms with Gasteiger partial charge in [0.05, 0.1) is 11.3 Å². The summed E-state index contributed by atoms with van der Waals surface area (Å²) in [5.41, 5.74) is 1.11. The van der Waals surface area contributed by atoms with Crippen LogP contribution in [-0.2, 0) is 16.8 Å². The van der Waals surface area contributed by atoms with Gasteiger partial charge in [-0.25, -0.2) is 9.97 Å². The van der Waals surface area contributed by atoms with Gasteiger partial charge in [-0.3, -0.25) is 4.79 Å². The van der Waals surface area contributed by atoms with E-state index >= 15 is 0 Å². The fraction of sp³-hybridized carbons (Fsp3) is 0.706. The van der Waals surface area contributed by atoms with Gasteiger partial charge in [0.15, 0.2) is 11.6 Å². The van der Waals surface area contributed by atoms with Crippen molar-refractivity contribution >= 4 is 5.78 Å². The van der Waals surface area contributed by atoms with Crippen LogP contribution in [0, 0.1) is 5.41 Å². The molecule has 116 valence electrons. The molecule has 4 heteroatoms. The molecule has 1 aromatic rings. The van der Waals surface area contributed by atoms with Crippen LogP contribution in [0.3, 0.4) is 0 Å². The lowest BCUT2D eigenvalue weighted by Gasteiger charge is -2.33. The van der Waals surface area contributed by atoms with Crippen LogP contribution in [0.1, 0.15) is 75.8 Å². The minimum atomic E-state index is -0.436. The highest BCUT2D eigenvalue weighted by Crippen LogP contribution is 2.36. The Morgan fingerprint density at radius 2 is 1.90 bits per heavy atom. The SMILES string of the molecule is CCOC(CC)(CC)c1ncc2c(n1)CC(C)(C)CC2=O. The molecule has 0 bridgehead atoms. The van der Waals surface area contributed by atoms with Crippen LogP contribution in [0.5, 0.6) is 0 Å². The zero-order valence-corrected chi connectivity index (χ0v) is 13.8. The summed E-state index contributed by atoms with van der Waals surface area (Å²) in [6, 6.07) is 0. The lowest BCUT2D eigenvalue weighted by atomic mass is 9.76. The van der Waals surface area contributed by atoms with Crippen molar-refractivity contribution in [3.8, 4) is 0 Å². The number of Topliss-reactive ketones (excluding diaryl/α,β-unsaturated/α-hetero) is 1. The summed E-state index contributed by atoms with van der Waals surface area (Å²) in [4.78, 5) is 21.4. The molecule has 1 heterocycles. The van der Waals surface area contributed by atoms with E-state index in [1.54, 1.807) is 6.20 Å². The quantitative estimate of drug-likeness (QED) is 0.830. The van der Waals surface area contributed by atoms with Crippen molar-refractivity contribution in [3.05, 3.63) is 23.3 Å². The van der Waals surface area contributed by atoms with Crippen molar-refractivity contribution in [1.82, 2.24) is 9.97 Å². The van der Waals surface area contributed by atoms with Crippen molar-refractivity contribution in [1.29, 1.82) is 0 Å². The molecule has 0 radical (unpaired) electrons. The van der Waals surface area contributed by atoms with Crippen LogP contribution in [0.2, 0.25) is 0 Å². The van der Waals surface area contributed by atoms with Crippen LogP contribution in [0.15, 0.2) is 6.20 Å². The molecular formula is C17H26N2O2. The Kier molecular flexibility index (Phi) is 4.47. The van der Waals surface area contributed by atoms with Crippen molar-refractivity contribution < 1.29 is 9.53 Å². The molecule has 1 aliphatic rings. The van der Waals surface area contributed by atoms with Crippen molar-refractivity contribution in [2.24, 2.45) is 5.41 Å². The van der Waals surface area contributed by atoms with Gasteiger partial charge in [-0.05, 0) is 31.6 Å². The number of carbonyl (C=O) groups excluding carboxylic acids is 1. The minimum Gasteiger partial charge on any atom is -0.367 e. The van der Waals surface area contributed by atoms with Gasteiger partial charge >= 0.3 is 0 Å². The molecule has 1 aromatic heterocycles. The summed E-state index contributed by atoms with van der Waals surface area (Å²) < 4.78 is 5.97. The zero-order valence-electron chi connectivity index (χ0n) is 13.8. The Bertz CT molecular complexity index is 534. The minimum absolute atomic E-state index is 0.0254. The van der Waals surface area contributed by atoms with Crippen LogP contribution in [0.4, 0.5) is 0 Å². The Balaban J connectivity index is 2.47. The summed E-state index contributed by atoms with van der Waals surface area (Å²) in [6.07, 6.45) is 4.75. The summed E-state index contributed by atoms with van der Waals surface area (Å²) in [6.45, 7) is 11.0. The highest BCUT2D eigenvalue weighted by atomic mass is 16.5. The van der Waals surface area contributed by atoms with Crippen molar-refractivity contribution in [3.63, 3.8) is 0 Å². The number of nitrogens with zero attached hydrogens (tertiary/aromatic N) is 2. The highest BCUT2D eigenvalue weighted by Gasteiger charge is 2.36. The Labute approximate surface area is 127 Å². The second-order valence-corrected chi connectivity index (χ2v) is 6.63. The normalized spacial score (nSPS) is 17.7. The molecule has 0 spiro atoms. The van der Waals surface area contributed by atoms with E-state index < -0.39 is 5.60 Å². The maximum absolute atomic E-state index is 12.2. The third-order valence-corrected chi connectivity index (χ3v) is 4.42. The Morgan fingerprint density at radius 1 is 1.24 bits per heavy atom. The molecular weight excluding hydrogens is 264 g/mol. The van der Waals surface area contributed by atoms with Crippen molar-refractivity contribution in [2.45, 2.75) is 65.9 Å². The number of hydrogen-bond donors (Lipinski definition) is 0. The molecule has 21 heavy (non-hydrogen) atoms. The number of rotatable bonds is 5. The maximum Gasteiger partial charge on any atom is 0.166 e. The maximum atomic E-state index is 12.2. The largest absolute Gasteiger partial charge is 0.367 e. The predicted octanol–water partition coefficient (Wildman–Crippen LogP) is 3.68. The summed E-state index contributed by atoms with van der Waals surface area (Å²) in [5.74, 6) is 0.876. The molecule has 0 unspecified atom stereocenters. The number of aromatic nitrogens is 2. The first kappa shape index (κ1) is 16.1. The number of ketones is 1. The summed E-state index contributed by atoms with van der Waals surface area (Å²) >= 11 is 0. The second-order valence-electron chi connectivity index (χ2n) is 6.63. The van der Waals surface area contributed by atoms with E-state index in [9.17, 15) is 4.79 Å². The van der Waals surface area contributed by atoms with Gasteiger partial charge in [0, 0.05) is 19.2 Å². The average Bonchev–Trinajstić information content (AvgIpc) is 2.43. The molecule has 2 rings (SSSR count). The van der Waals surface area contributed by atoms with E-state index in [0.717, 1.165) is 30.8 Å². The van der Waals surface area contributed by atoms with Gasteiger partial charge in [0.2, 0.25) is 0 Å². The molecule has 0 N–H and O–H groups in total. The Hall–Kier alpha value is -1.29. The van der Waals surface area contributed by atoms with E-state index in [1.165, 1.54) is 0 Å².